The van der Waals surface area contributed by atoms with Gasteiger partial charge in [0.15, 0.2) is 5.82 Å². The Bertz CT molecular complexity index is 717. The summed E-state index contributed by atoms with van der Waals surface area (Å²) in [6.45, 7) is 0.106. The first-order valence-corrected chi connectivity index (χ1v) is 8.69. The molecule has 2 aliphatic rings. The first-order valence-electron chi connectivity index (χ1n) is 8.69. The third-order valence-corrected chi connectivity index (χ3v) is 4.82. The van der Waals surface area contributed by atoms with Gasteiger partial charge in [0, 0.05) is 29.7 Å². The lowest BCUT2D eigenvalue weighted by atomic mass is 10.1. The highest BCUT2D eigenvalue weighted by atomic mass is 16.3. The molecule has 2 saturated carbocycles. The first-order chi connectivity index (χ1) is 11.7. The predicted octanol–water partition coefficient (Wildman–Crippen LogP) is 2.24. The van der Waals surface area contributed by atoms with Crippen molar-refractivity contribution in [2.45, 2.75) is 44.1 Å². The van der Waals surface area contributed by atoms with Crippen LogP contribution >= 0.6 is 0 Å². The SMILES string of the molecule is O=C(NC(CCO)C1CC1)c1ccc(-c2n[nH]c(C3CC3)n2)cc1. The molecule has 2 aromatic rings. The number of H-pyrrole nitrogens is 1. The highest BCUT2D eigenvalue weighted by molar-refractivity contribution is 5.94. The molecule has 1 unspecified atom stereocenters. The summed E-state index contributed by atoms with van der Waals surface area (Å²) in [6, 6.07) is 7.46. The molecular formula is C18H22N4O2. The van der Waals surface area contributed by atoms with E-state index in [2.05, 4.69) is 20.5 Å². The first kappa shape index (κ1) is 15.3. The maximum Gasteiger partial charge on any atom is 0.251 e. The zero-order chi connectivity index (χ0) is 16.5. The minimum Gasteiger partial charge on any atom is -0.396 e. The average Bonchev–Trinajstić information content (AvgIpc) is 3.53. The van der Waals surface area contributed by atoms with Crippen LogP contribution in [0.4, 0.5) is 0 Å². The second kappa shape index (κ2) is 6.36. The molecule has 0 saturated heterocycles. The maximum absolute atomic E-state index is 12.4. The maximum atomic E-state index is 12.4. The summed E-state index contributed by atoms with van der Waals surface area (Å²) in [7, 11) is 0. The number of aromatic nitrogens is 3. The van der Waals surface area contributed by atoms with Gasteiger partial charge in [0.25, 0.3) is 5.91 Å². The molecule has 2 aliphatic carbocycles. The van der Waals surface area contributed by atoms with Crippen LogP contribution in [0.5, 0.6) is 0 Å². The number of carbonyl (C=O) groups is 1. The van der Waals surface area contributed by atoms with E-state index >= 15 is 0 Å². The van der Waals surface area contributed by atoms with Gasteiger partial charge in [0.1, 0.15) is 5.82 Å². The minimum absolute atomic E-state index is 0.0799. The number of amides is 1. The van der Waals surface area contributed by atoms with E-state index in [4.69, 9.17) is 5.11 Å². The van der Waals surface area contributed by atoms with Gasteiger partial charge in [-0.25, -0.2) is 4.98 Å². The Kier molecular flexibility index (Phi) is 4.06. The number of rotatable bonds is 7. The number of benzene rings is 1. The van der Waals surface area contributed by atoms with Crippen LogP contribution in [-0.4, -0.2) is 38.8 Å². The number of carbonyl (C=O) groups excluding carboxylic acids is 1. The van der Waals surface area contributed by atoms with Crippen LogP contribution in [0.1, 0.15) is 54.2 Å². The zero-order valence-electron chi connectivity index (χ0n) is 13.5. The van der Waals surface area contributed by atoms with Gasteiger partial charge >= 0.3 is 0 Å². The molecule has 1 heterocycles. The summed E-state index contributed by atoms with van der Waals surface area (Å²) >= 11 is 0. The second-order valence-electron chi connectivity index (χ2n) is 6.83. The molecule has 6 heteroatoms. The van der Waals surface area contributed by atoms with Crippen molar-refractivity contribution in [3.63, 3.8) is 0 Å². The Hall–Kier alpha value is -2.21. The largest absolute Gasteiger partial charge is 0.396 e. The molecule has 24 heavy (non-hydrogen) atoms. The molecular weight excluding hydrogens is 304 g/mol. The molecule has 1 aromatic heterocycles. The van der Waals surface area contributed by atoms with Crippen molar-refractivity contribution in [1.29, 1.82) is 0 Å². The summed E-state index contributed by atoms with van der Waals surface area (Å²) < 4.78 is 0. The molecule has 0 bridgehead atoms. The molecule has 1 amide bonds. The van der Waals surface area contributed by atoms with E-state index in [0.717, 1.165) is 24.2 Å². The fraction of sp³-hybridized carbons (Fsp3) is 0.500. The molecule has 2 fully saturated rings. The van der Waals surface area contributed by atoms with Crippen LogP contribution in [0.15, 0.2) is 24.3 Å². The number of aliphatic hydroxyl groups excluding tert-OH is 1. The number of hydrogen-bond donors (Lipinski definition) is 3. The van der Waals surface area contributed by atoms with Gasteiger partial charge in [-0.2, -0.15) is 5.10 Å². The minimum atomic E-state index is -0.0828. The topological polar surface area (TPSA) is 90.9 Å². The van der Waals surface area contributed by atoms with Crippen molar-refractivity contribution < 1.29 is 9.90 Å². The van der Waals surface area contributed by atoms with Crippen LogP contribution in [0.3, 0.4) is 0 Å². The summed E-state index contributed by atoms with van der Waals surface area (Å²) in [6.07, 6.45) is 5.26. The Morgan fingerprint density at radius 1 is 1.25 bits per heavy atom. The Labute approximate surface area is 140 Å². The lowest BCUT2D eigenvalue weighted by molar-refractivity contribution is 0.0924. The van der Waals surface area contributed by atoms with Crippen molar-refractivity contribution in [2.75, 3.05) is 6.61 Å². The smallest absolute Gasteiger partial charge is 0.251 e. The standard InChI is InChI=1S/C18H22N4O2/c23-10-9-15(11-1-2-11)19-18(24)14-7-5-13(6-8-14)17-20-16(21-22-17)12-3-4-12/h5-8,11-12,15,23H,1-4,9-10H2,(H,19,24)(H,20,21,22). The van der Waals surface area contributed by atoms with E-state index in [1.165, 1.54) is 12.8 Å². The van der Waals surface area contributed by atoms with Crippen LogP contribution in [0, 0.1) is 5.92 Å². The Balaban J connectivity index is 1.43. The third-order valence-electron chi connectivity index (χ3n) is 4.82. The van der Waals surface area contributed by atoms with Crippen LogP contribution in [0.2, 0.25) is 0 Å². The van der Waals surface area contributed by atoms with E-state index < -0.39 is 0 Å². The molecule has 6 nitrogen and oxygen atoms in total. The molecule has 0 spiro atoms. The number of aliphatic hydroxyl groups is 1. The number of nitrogens with zero attached hydrogens (tertiary/aromatic N) is 2. The van der Waals surface area contributed by atoms with E-state index in [-0.39, 0.29) is 18.6 Å². The van der Waals surface area contributed by atoms with E-state index in [1.807, 2.05) is 12.1 Å². The quantitative estimate of drug-likeness (QED) is 0.728. The lowest BCUT2D eigenvalue weighted by Gasteiger charge is -2.17. The molecule has 4 rings (SSSR count). The fourth-order valence-electron chi connectivity index (χ4n) is 3.03. The van der Waals surface area contributed by atoms with E-state index in [9.17, 15) is 4.79 Å². The van der Waals surface area contributed by atoms with Crippen molar-refractivity contribution >= 4 is 5.91 Å². The molecule has 126 valence electrons. The van der Waals surface area contributed by atoms with Gasteiger partial charge in [-0.05, 0) is 50.2 Å². The zero-order valence-corrected chi connectivity index (χ0v) is 13.5. The van der Waals surface area contributed by atoms with Crippen molar-refractivity contribution in [1.82, 2.24) is 20.5 Å². The second-order valence-corrected chi connectivity index (χ2v) is 6.83. The summed E-state index contributed by atoms with van der Waals surface area (Å²) in [5.74, 6) is 2.63. The Morgan fingerprint density at radius 3 is 2.62 bits per heavy atom. The van der Waals surface area contributed by atoms with Crippen molar-refractivity contribution in [3.05, 3.63) is 35.7 Å². The molecule has 3 N–H and O–H groups in total. The highest BCUT2D eigenvalue weighted by Gasteiger charge is 2.32. The van der Waals surface area contributed by atoms with Crippen LogP contribution in [0.25, 0.3) is 11.4 Å². The molecule has 0 radical (unpaired) electrons. The third kappa shape index (κ3) is 3.33. The van der Waals surface area contributed by atoms with Crippen molar-refractivity contribution in [2.24, 2.45) is 5.92 Å². The predicted molar refractivity (Wildman–Crippen MR) is 89.5 cm³/mol. The van der Waals surface area contributed by atoms with E-state index in [0.29, 0.717) is 29.6 Å². The normalized spacial score (nSPS) is 18.4. The van der Waals surface area contributed by atoms with Crippen LogP contribution in [-0.2, 0) is 0 Å². The highest BCUT2D eigenvalue weighted by Crippen LogP contribution is 2.38. The summed E-state index contributed by atoms with van der Waals surface area (Å²) in [5, 5.41) is 19.4. The van der Waals surface area contributed by atoms with Gasteiger partial charge in [-0.3, -0.25) is 9.89 Å². The molecule has 1 aromatic carbocycles. The number of hydrogen-bond acceptors (Lipinski definition) is 4. The lowest BCUT2D eigenvalue weighted by Crippen LogP contribution is -2.37. The Morgan fingerprint density at radius 2 is 2.00 bits per heavy atom. The van der Waals surface area contributed by atoms with Gasteiger partial charge < -0.3 is 10.4 Å². The van der Waals surface area contributed by atoms with Gasteiger partial charge in [0.2, 0.25) is 0 Å². The van der Waals surface area contributed by atoms with Crippen molar-refractivity contribution in [3.8, 4) is 11.4 Å². The fourth-order valence-corrected chi connectivity index (χ4v) is 3.03. The average molecular weight is 326 g/mol. The van der Waals surface area contributed by atoms with Crippen LogP contribution < -0.4 is 5.32 Å². The number of aromatic amines is 1. The van der Waals surface area contributed by atoms with Gasteiger partial charge in [-0.15, -0.1) is 0 Å². The molecule has 1 atom stereocenters. The van der Waals surface area contributed by atoms with Gasteiger partial charge in [0.05, 0.1) is 0 Å². The molecule has 0 aliphatic heterocycles. The van der Waals surface area contributed by atoms with Gasteiger partial charge in [-0.1, -0.05) is 12.1 Å². The van der Waals surface area contributed by atoms with E-state index in [1.54, 1.807) is 12.1 Å². The summed E-state index contributed by atoms with van der Waals surface area (Å²) in [5.41, 5.74) is 1.53. The monoisotopic (exact) mass is 326 g/mol. The number of nitrogens with one attached hydrogen (secondary N) is 2. The summed E-state index contributed by atoms with van der Waals surface area (Å²) in [4.78, 5) is 16.9.